The number of ether oxygens (including phenoxy) is 1. The lowest BCUT2D eigenvalue weighted by atomic mass is 10.1. The maximum Gasteiger partial charge on any atom is 0.254 e. The second-order valence-electron chi connectivity index (χ2n) is 5.70. The van der Waals surface area contributed by atoms with Crippen molar-refractivity contribution >= 4 is 33.3 Å². The van der Waals surface area contributed by atoms with Crippen LogP contribution in [-0.2, 0) is 11.3 Å². The van der Waals surface area contributed by atoms with Gasteiger partial charge in [0.2, 0.25) is 0 Å². The number of amides is 1. The molecule has 3 rings (SSSR count). The van der Waals surface area contributed by atoms with E-state index in [-0.39, 0.29) is 5.91 Å². The van der Waals surface area contributed by atoms with Crippen LogP contribution < -0.4 is 15.5 Å². The molecular weight excluding hydrogens is 384 g/mol. The number of halogens is 1. The first kappa shape index (κ1) is 17.7. The van der Waals surface area contributed by atoms with Gasteiger partial charge >= 0.3 is 0 Å². The Morgan fingerprint density at radius 3 is 2.88 bits per heavy atom. The molecule has 0 unspecified atom stereocenters. The van der Waals surface area contributed by atoms with Crippen LogP contribution in [0, 0.1) is 0 Å². The summed E-state index contributed by atoms with van der Waals surface area (Å²) in [6, 6.07) is 9.76. The van der Waals surface area contributed by atoms with Crippen molar-refractivity contribution in [2.75, 3.05) is 43.6 Å². The number of rotatable bonds is 5. The summed E-state index contributed by atoms with van der Waals surface area (Å²) < 4.78 is 6.49. The maximum atomic E-state index is 12.0. The van der Waals surface area contributed by atoms with E-state index >= 15 is 0 Å². The topological polar surface area (TPSA) is 66.5 Å². The van der Waals surface area contributed by atoms with Gasteiger partial charge in [0.25, 0.3) is 5.91 Å². The molecule has 0 spiro atoms. The standard InChI is InChI=1S/C18H21BrN4O2/c1-20-18(24)15-3-2-6-21-17(15)22-12-13-4-5-14(19)11-16(13)23-7-9-25-10-8-23/h2-6,11H,7-10,12H2,1H3,(H,20,24)(H,21,22). The van der Waals surface area contributed by atoms with Gasteiger partial charge in [-0.2, -0.15) is 0 Å². The van der Waals surface area contributed by atoms with Gasteiger partial charge in [-0.15, -0.1) is 0 Å². The van der Waals surface area contributed by atoms with Crippen molar-refractivity contribution in [2.45, 2.75) is 6.54 Å². The fourth-order valence-corrected chi connectivity index (χ4v) is 3.18. The van der Waals surface area contributed by atoms with E-state index in [1.54, 1.807) is 25.4 Å². The molecule has 1 amide bonds. The van der Waals surface area contributed by atoms with Crippen LogP contribution in [-0.4, -0.2) is 44.2 Å². The zero-order valence-corrected chi connectivity index (χ0v) is 15.7. The molecule has 1 fully saturated rings. The Morgan fingerprint density at radius 2 is 2.12 bits per heavy atom. The number of hydrogen-bond acceptors (Lipinski definition) is 5. The Labute approximate surface area is 155 Å². The monoisotopic (exact) mass is 404 g/mol. The van der Waals surface area contributed by atoms with Gasteiger partial charge in [0.15, 0.2) is 0 Å². The summed E-state index contributed by atoms with van der Waals surface area (Å²) in [4.78, 5) is 18.6. The third kappa shape index (κ3) is 4.29. The van der Waals surface area contributed by atoms with Gasteiger partial charge in [-0.1, -0.05) is 22.0 Å². The first-order valence-electron chi connectivity index (χ1n) is 8.21. The normalized spacial score (nSPS) is 14.2. The summed E-state index contributed by atoms with van der Waals surface area (Å²) in [7, 11) is 1.62. The summed E-state index contributed by atoms with van der Waals surface area (Å²) in [5.41, 5.74) is 2.86. The smallest absolute Gasteiger partial charge is 0.254 e. The number of pyridine rings is 1. The van der Waals surface area contributed by atoms with Gasteiger partial charge < -0.3 is 20.3 Å². The summed E-state index contributed by atoms with van der Waals surface area (Å²) in [5.74, 6) is 0.428. The van der Waals surface area contributed by atoms with Crippen molar-refractivity contribution < 1.29 is 9.53 Å². The highest BCUT2D eigenvalue weighted by molar-refractivity contribution is 9.10. The molecule has 6 nitrogen and oxygen atoms in total. The second kappa shape index (κ2) is 8.31. The Hall–Kier alpha value is -2.12. The zero-order valence-electron chi connectivity index (χ0n) is 14.1. The third-order valence-corrected chi connectivity index (χ3v) is 4.62. The maximum absolute atomic E-state index is 12.0. The van der Waals surface area contributed by atoms with E-state index < -0.39 is 0 Å². The van der Waals surface area contributed by atoms with Crippen LogP contribution >= 0.6 is 15.9 Å². The van der Waals surface area contributed by atoms with Crippen LogP contribution in [0.25, 0.3) is 0 Å². The lowest BCUT2D eigenvalue weighted by molar-refractivity contribution is 0.0963. The van der Waals surface area contributed by atoms with Crippen molar-refractivity contribution in [3.8, 4) is 0 Å². The number of anilines is 2. The van der Waals surface area contributed by atoms with Crippen LogP contribution in [0.2, 0.25) is 0 Å². The van der Waals surface area contributed by atoms with E-state index in [9.17, 15) is 4.79 Å². The van der Waals surface area contributed by atoms with Crippen LogP contribution in [0.3, 0.4) is 0 Å². The number of morpholine rings is 1. The van der Waals surface area contributed by atoms with Gasteiger partial charge in [0, 0.05) is 43.0 Å². The fraction of sp³-hybridized carbons (Fsp3) is 0.333. The number of hydrogen-bond donors (Lipinski definition) is 2. The van der Waals surface area contributed by atoms with Crippen molar-refractivity contribution in [3.63, 3.8) is 0 Å². The molecule has 7 heteroatoms. The molecule has 1 aromatic heterocycles. The molecule has 1 aliphatic rings. The van der Waals surface area contributed by atoms with Gasteiger partial charge in [0.05, 0.1) is 18.8 Å². The largest absolute Gasteiger partial charge is 0.378 e. The van der Waals surface area contributed by atoms with Gasteiger partial charge in [-0.05, 0) is 29.8 Å². The molecule has 2 N–H and O–H groups in total. The Bertz CT molecular complexity index is 748. The third-order valence-electron chi connectivity index (χ3n) is 4.12. The van der Waals surface area contributed by atoms with E-state index in [0.717, 1.165) is 36.3 Å². The minimum Gasteiger partial charge on any atom is -0.378 e. The van der Waals surface area contributed by atoms with Crippen molar-refractivity contribution in [1.29, 1.82) is 0 Å². The average molecular weight is 405 g/mol. The van der Waals surface area contributed by atoms with Gasteiger partial charge in [-0.3, -0.25) is 4.79 Å². The molecule has 0 bridgehead atoms. The number of benzene rings is 1. The molecule has 2 heterocycles. The van der Waals surface area contributed by atoms with Gasteiger partial charge in [0.1, 0.15) is 5.82 Å². The van der Waals surface area contributed by atoms with Crippen molar-refractivity contribution in [3.05, 3.63) is 52.1 Å². The molecule has 25 heavy (non-hydrogen) atoms. The Morgan fingerprint density at radius 1 is 1.32 bits per heavy atom. The molecular formula is C18H21BrN4O2. The Kier molecular flexibility index (Phi) is 5.88. The van der Waals surface area contributed by atoms with E-state index in [1.165, 1.54) is 5.69 Å². The highest BCUT2D eigenvalue weighted by Gasteiger charge is 2.16. The predicted molar refractivity (Wildman–Crippen MR) is 102 cm³/mol. The fourth-order valence-electron chi connectivity index (χ4n) is 2.83. The molecule has 1 saturated heterocycles. The van der Waals surface area contributed by atoms with Crippen LogP contribution in [0.1, 0.15) is 15.9 Å². The predicted octanol–water partition coefficient (Wildman–Crippen LogP) is 2.65. The number of carbonyl (C=O) groups excluding carboxylic acids is 1. The number of nitrogens with one attached hydrogen (secondary N) is 2. The highest BCUT2D eigenvalue weighted by Crippen LogP contribution is 2.27. The summed E-state index contributed by atoms with van der Waals surface area (Å²) in [6.45, 7) is 3.80. The summed E-state index contributed by atoms with van der Waals surface area (Å²) >= 11 is 3.56. The number of aromatic nitrogens is 1. The van der Waals surface area contributed by atoms with Crippen LogP contribution in [0.5, 0.6) is 0 Å². The minimum absolute atomic E-state index is 0.153. The molecule has 0 radical (unpaired) electrons. The van der Waals surface area contributed by atoms with E-state index in [4.69, 9.17) is 4.74 Å². The summed E-state index contributed by atoms with van der Waals surface area (Å²) in [5, 5.41) is 5.94. The molecule has 1 aromatic carbocycles. The van der Waals surface area contributed by atoms with Crippen molar-refractivity contribution in [1.82, 2.24) is 10.3 Å². The van der Waals surface area contributed by atoms with E-state index in [1.807, 2.05) is 6.07 Å². The lowest BCUT2D eigenvalue weighted by Crippen LogP contribution is -2.37. The van der Waals surface area contributed by atoms with Crippen LogP contribution in [0.15, 0.2) is 41.0 Å². The second-order valence-corrected chi connectivity index (χ2v) is 6.62. The van der Waals surface area contributed by atoms with E-state index in [2.05, 4.69) is 48.6 Å². The quantitative estimate of drug-likeness (QED) is 0.801. The highest BCUT2D eigenvalue weighted by atomic mass is 79.9. The first-order valence-corrected chi connectivity index (χ1v) is 9.00. The Balaban J connectivity index is 1.81. The lowest BCUT2D eigenvalue weighted by Gasteiger charge is -2.31. The molecule has 0 atom stereocenters. The zero-order chi connectivity index (χ0) is 17.6. The van der Waals surface area contributed by atoms with Gasteiger partial charge in [-0.25, -0.2) is 4.98 Å². The molecule has 0 saturated carbocycles. The molecule has 2 aromatic rings. The average Bonchev–Trinajstić information content (AvgIpc) is 2.67. The molecule has 0 aliphatic carbocycles. The van der Waals surface area contributed by atoms with E-state index in [0.29, 0.717) is 17.9 Å². The van der Waals surface area contributed by atoms with Crippen LogP contribution in [0.4, 0.5) is 11.5 Å². The number of nitrogens with zero attached hydrogens (tertiary/aromatic N) is 2. The number of carbonyl (C=O) groups is 1. The summed E-state index contributed by atoms with van der Waals surface area (Å²) in [6.07, 6.45) is 1.68. The van der Waals surface area contributed by atoms with Crippen molar-refractivity contribution in [2.24, 2.45) is 0 Å². The first-order chi connectivity index (χ1) is 12.2. The minimum atomic E-state index is -0.153. The molecule has 132 valence electrons. The SMILES string of the molecule is CNC(=O)c1cccnc1NCc1ccc(Br)cc1N1CCOCC1. The molecule has 1 aliphatic heterocycles.